The van der Waals surface area contributed by atoms with Crippen molar-refractivity contribution < 1.29 is 46.9 Å². The van der Waals surface area contributed by atoms with Crippen LogP contribution in [0.4, 0.5) is 18.9 Å². The number of amides is 2. The molecule has 9 nitrogen and oxygen atoms in total. The largest absolute Gasteiger partial charge is 0.497 e. The monoisotopic (exact) mass is 696 g/mol. The average molecular weight is 697 g/mol. The Kier molecular flexibility index (Phi) is 11.1. The molecule has 2 N–H and O–H groups in total. The number of carboxylic acid groups (broad SMARTS) is 1. The van der Waals surface area contributed by atoms with Crippen LogP contribution in [0, 0.1) is 0 Å². The van der Waals surface area contributed by atoms with Gasteiger partial charge in [0.2, 0.25) is 5.91 Å². The number of anilines is 1. The second kappa shape index (κ2) is 15.9. The molecule has 51 heavy (non-hydrogen) atoms. The van der Waals surface area contributed by atoms with E-state index in [0.717, 1.165) is 22.1 Å². The first-order valence-corrected chi connectivity index (χ1v) is 15.5. The van der Waals surface area contributed by atoms with Gasteiger partial charge in [0, 0.05) is 17.8 Å². The highest BCUT2D eigenvalue weighted by Crippen LogP contribution is 2.35. The Balaban J connectivity index is 1.19. The number of nitrogens with zero attached hydrogens (tertiary/aromatic N) is 1. The first-order valence-electron chi connectivity index (χ1n) is 15.5. The van der Waals surface area contributed by atoms with Crippen LogP contribution in [0.15, 0.2) is 121 Å². The average Bonchev–Trinajstić information content (AvgIpc) is 3.12. The van der Waals surface area contributed by atoms with Crippen LogP contribution in [0.2, 0.25) is 0 Å². The minimum Gasteiger partial charge on any atom is -0.497 e. The first-order chi connectivity index (χ1) is 24.4. The second-order valence-corrected chi connectivity index (χ2v) is 11.4. The highest BCUT2D eigenvalue weighted by molar-refractivity contribution is 5.97. The number of benzene rings is 5. The van der Waals surface area contributed by atoms with Crippen LogP contribution in [0.25, 0.3) is 11.1 Å². The highest BCUT2D eigenvalue weighted by Gasteiger charge is 2.34. The summed E-state index contributed by atoms with van der Waals surface area (Å²) < 4.78 is 51.0. The predicted molar refractivity (Wildman–Crippen MR) is 182 cm³/mol. The van der Waals surface area contributed by atoms with Crippen molar-refractivity contribution >= 4 is 29.4 Å². The molecule has 0 saturated heterocycles. The molecule has 0 bridgehead atoms. The van der Waals surface area contributed by atoms with E-state index in [1.165, 1.54) is 55.6 Å². The second-order valence-electron chi connectivity index (χ2n) is 11.4. The van der Waals surface area contributed by atoms with Crippen molar-refractivity contribution in [2.24, 2.45) is 0 Å². The van der Waals surface area contributed by atoms with Gasteiger partial charge in [-0.1, -0.05) is 60.7 Å². The molecule has 12 heteroatoms. The fourth-order valence-electron chi connectivity index (χ4n) is 5.20. The minimum absolute atomic E-state index is 0.00292. The molecule has 0 heterocycles. The van der Waals surface area contributed by atoms with E-state index in [2.05, 4.69) is 5.32 Å². The Morgan fingerprint density at radius 1 is 0.745 bits per heavy atom. The number of carbonyl (C=O) groups excluding carboxylic acids is 3. The molecule has 0 aliphatic carbocycles. The van der Waals surface area contributed by atoms with Gasteiger partial charge in [-0.05, 0) is 82.9 Å². The third-order valence-corrected chi connectivity index (χ3v) is 7.74. The summed E-state index contributed by atoms with van der Waals surface area (Å²) in [7, 11) is 1.24. The number of esters is 1. The van der Waals surface area contributed by atoms with Gasteiger partial charge >= 0.3 is 18.1 Å². The van der Waals surface area contributed by atoms with Gasteiger partial charge in [0.1, 0.15) is 18.0 Å². The molecule has 2 amide bonds. The number of halogens is 3. The van der Waals surface area contributed by atoms with Crippen LogP contribution in [0.3, 0.4) is 0 Å². The zero-order valence-electron chi connectivity index (χ0n) is 27.1. The van der Waals surface area contributed by atoms with Gasteiger partial charge in [0.05, 0.1) is 24.7 Å². The van der Waals surface area contributed by atoms with Crippen molar-refractivity contribution in [2.45, 2.75) is 19.1 Å². The molecule has 5 aromatic carbocycles. The summed E-state index contributed by atoms with van der Waals surface area (Å²) in [5, 5.41) is 12.0. The molecule has 0 saturated carbocycles. The van der Waals surface area contributed by atoms with Crippen LogP contribution in [0.1, 0.15) is 37.4 Å². The van der Waals surface area contributed by atoms with Crippen LogP contribution in [-0.2, 0) is 28.7 Å². The number of hydrogen-bond donors (Lipinski definition) is 2. The van der Waals surface area contributed by atoms with Crippen molar-refractivity contribution in [3.63, 3.8) is 0 Å². The van der Waals surface area contributed by atoms with Gasteiger partial charge in [-0.25, -0.2) is 4.79 Å². The lowest BCUT2D eigenvalue weighted by Gasteiger charge is -2.21. The Bertz CT molecular complexity index is 2010. The quantitative estimate of drug-likeness (QED) is 0.102. The maximum Gasteiger partial charge on any atom is 0.416 e. The molecule has 0 unspecified atom stereocenters. The Hall–Kier alpha value is -6.43. The zero-order chi connectivity index (χ0) is 36.5. The SMILES string of the molecule is COc1ccc(CC(=O)Nc2ccc(C(=O)N(CC(=O)O)Cc3ccc(OC(=O)c4ccc(-c5ccccc5)cc4)cc3)cc2)c(C(F)(F)F)c1. The zero-order valence-corrected chi connectivity index (χ0v) is 27.1. The smallest absolute Gasteiger partial charge is 0.416 e. The summed E-state index contributed by atoms with van der Waals surface area (Å²) in [6, 6.07) is 31.8. The van der Waals surface area contributed by atoms with Crippen LogP contribution < -0.4 is 14.8 Å². The van der Waals surface area contributed by atoms with Crippen LogP contribution in [0.5, 0.6) is 11.5 Å². The maximum atomic E-state index is 13.5. The summed E-state index contributed by atoms with van der Waals surface area (Å²) in [6.45, 7) is -0.696. The topological polar surface area (TPSA) is 122 Å². The number of aliphatic carboxylic acids is 1. The molecule has 260 valence electrons. The van der Waals surface area contributed by atoms with Gasteiger partial charge in [-0.2, -0.15) is 13.2 Å². The fourth-order valence-corrected chi connectivity index (χ4v) is 5.20. The summed E-state index contributed by atoms with van der Waals surface area (Å²) in [5.41, 5.74) is 2.00. The predicted octanol–water partition coefficient (Wildman–Crippen LogP) is 7.51. The summed E-state index contributed by atoms with van der Waals surface area (Å²) in [5.74, 6) is -2.87. The summed E-state index contributed by atoms with van der Waals surface area (Å²) in [4.78, 5) is 51.4. The van der Waals surface area contributed by atoms with Crippen molar-refractivity contribution in [3.8, 4) is 22.6 Å². The van der Waals surface area contributed by atoms with Gasteiger partial charge in [-0.15, -0.1) is 0 Å². The van der Waals surface area contributed by atoms with Gasteiger partial charge < -0.3 is 24.8 Å². The molecule has 0 atom stereocenters. The van der Waals surface area contributed by atoms with Crippen molar-refractivity contribution in [2.75, 3.05) is 19.0 Å². The lowest BCUT2D eigenvalue weighted by atomic mass is 10.0. The normalized spacial score (nSPS) is 11.0. The molecule has 0 radical (unpaired) electrons. The molecular weight excluding hydrogens is 665 g/mol. The number of carboxylic acids is 1. The first kappa shape index (κ1) is 35.9. The number of nitrogens with one attached hydrogen (secondary N) is 1. The Morgan fingerprint density at radius 2 is 1.35 bits per heavy atom. The minimum atomic E-state index is -4.70. The fraction of sp³-hybridized carbons (Fsp3) is 0.128. The number of hydrogen-bond acceptors (Lipinski definition) is 6. The summed E-state index contributed by atoms with van der Waals surface area (Å²) in [6.07, 6.45) is -5.26. The Morgan fingerprint density at radius 3 is 1.96 bits per heavy atom. The number of carbonyl (C=O) groups is 4. The maximum absolute atomic E-state index is 13.5. The van der Waals surface area contributed by atoms with E-state index >= 15 is 0 Å². The number of methoxy groups -OCH3 is 1. The molecule has 0 fully saturated rings. The van der Waals surface area contributed by atoms with Gasteiger partial charge in [0.25, 0.3) is 5.91 Å². The lowest BCUT2D eigenvalue weighted by molar-refractivity contribution is -0.139. The molecule has 0 aliphatic heterocycles. The van der Waals surface area contributed by atoms with E-state index in [-0.39, 0.29) is 34.9 Å². The Labute approximate surface area is 290 Å². The van der Waals surface area contributed by atoms with Crippen molar-refractivity contribution in [3.05, 3.63) is 149 Å². The number of alkyl halides is 3. The molecule has 5 rings (SSSR count). The van der Waals surface area contributed by atoms with Crippen molar-refractivity contribution in [1.82, 2.24) is 4.90 Å². The standard InChI is InChI=1S/C39H31F3N2O7/c1-50-33-20-15-30(34(22-33)39(40,41)42)21-35(45)43-31-16-13-28(14-17-31)37(48)44(24-36(46)47)23-25-7-18-32(19-8-25)51-38(49)29-11-9-27(10-12-29)26-5-3-2-4-6-26/h2-20,22H,21,23-24H2,1H3,(H,43,45)(H,46,47). The highest BCUT2D eigenvalue weighted by atomic mass is 19.4. The molecule has 5 aromatic rings. The third-order valence-electron chi connectivity index (χ3n) is 7.74. The van der Waals surface area contributed by atoms with Gasteiger partial charge in [-0.3, -0.25) is 14.4 Å². The van der Waals surface area contributed by atoms with E-state index < -0.39 is 48.5 Å². The van der Waals surface area contributed by atoms with Crippen LogP contribution >= 0.6 is 0 Å². The number of rotatable bonds is 12. The number of ether oxygens (including phenoxy) is 2. The molecule has 0 aromatic heterocycles. The molecule has 0 spiro atoms. The third kappa shape index (κ3) is 9.60. The van der Waals surface area contributed by atoms with E-state index in [4.69, 9.17) is 9.47 Å². The van der Waals surface area contributed by atoms with Crippen LogP contribution in [-0.4, -0.2) is 47.4 Å². The van der Waals surface area contributed by atoms with E-state index in [0.29, 0.717) is 11.1 Å². The van der Waals surface area contributed by atoms with E-state index in [1.54, 1.807) is 24.3 Å². The lowest BCUT2D eigenvalue weighted by Crippen LogP contribution is -2.35. The van der Waals surface area contributed by atoms with Gasteiger partial charge in [0.15, 0.2) is 0 Å². The molecule has 0 aliphatic rings. The van der Waals surface area contributed by atoms with E-state index in [1.807, 2.05) is 42.5 Å². The van der Waals surface area contributed by atoms with Crippen molar-refractivity contribution in [1.29, 1.82) is 0 Å². The van der Waals surface area contributed by atoms with E-state index in [9.17, 15) is 37.5 Å². The molecular formula is C39H31F3N2O7. The summed E-state index contributed by atoms with van der Waals surface area (Å²) >= 11 is 0.